The van der Waals surface area contributed by atoms with Crippen LogP contribution in [-0.4, -0.2) is 32.4 Å². The number of hydrogen-bond acceptors (Lipinski definition) is 3. The minimum absolute atomic E-state index is 0.0153. The third-order valence-electron chi connectivity index (χ3n) is 1.92. The monoisotopic (exact) mass is 214 g/mol. The number of methoxy groups -OCH3 is 1. The second-order valence-electron chi connectivity index (χ2n) is 4.14. The van der Waals surface area contributed by atoms with Crippen LogP contribution in [0.15, 0.2) is 17.5 Å². The standard InChI is InChI=1S/C10H18O3Si/c1-6-9(14(3,4)5)8(11)7-10(12)13-2/h8,11H,1,7H2,2-5H3. The van der Waals surface area contributed by atoms with Gasteiger partial charge in [-0.15, -0.1) is 5.73 Å². The zero-order chi connectivity index (χ0) is 11.4. The van der Waals surface area contributed by atoms with Crippen LogP contribution >= 0.6 is 0 Å². The topological polar surface area (TPSA) is 46.5 Å². The maximum atomic E-state index is 10.9. The van der Waals surface area contributed by atoms with E-state index in [0.717, 1.165) is 5.20 Å². The van der Waals surface area contributed by atoms with Crippen molar-refractivity contribution >= 4 is 14.0 Å². The molecule has 0 radical (unpaired) electrons. The van der Waals surface area contributed by atoms with Crippen molar-refractivity contribution in [3.05, 3.63) is 17.5 Å². The van der Waals surface area contributed by atoms with Crippen molar-refractivity contribution in [2.75, 3.05) is 7.11 Å². The van der Waals surface area contributed by atoms with Gasteiger partial charge in [0.05, 0.1) is 27.7 Å². The maximum absolute atomic E-state index is 10.9. The first kappa shape index (κ1) is 13.2. The molecule has 0 aliphatic carbocycles. The Hall–Kier alpha value is -0.833. The Morgan fingerprint density at radius 2 is 2.07 bits per heavy atom. The fraction of sp³-hybridized carbons (Fsp3) is 0.600. The maximum Gasteiger partial charge on any atom is 0.308 e. The van der Waals surface area contributed by atoms with Crippen molar-refractivity contribution in [3.8, 4) is 0 Å². The predicted octanol–water partition coefficient (Wildman–Crippen LogP) is 1.50. The van der Waals surface area contributed by atoms with Crippen LogP contribution in [0.25, 0.3) is 0 Å². The molecule has 0 spiro atoms. The van der Waals surface area contributed by atoms with Gasteiger partial charge in [0, 0.05) is 0 Å². The first-order valence-corrected chi connectivity index (χ1v) is 7.98. The molecular weight excluding hydrogens is 196 g/mol. The fourth-order valence-electron chi connectivity index (χ4n) is 1.23. The quantitative estimate of drug-likeness (QED) is 0.438. The van der Waals surface area contributed by atoms with E-state index in [0.29, 0.717) is 0 Å². The zero-order valence-corrected chi connectivity index (χ0v) is 10.3. The van der Waals surface area contributed by atoms with Crippen molar-refractivity contribution in [2.24, 2.45) is 0 Å². The molecule has 0 aromatic heterocycles. The predicted molar refractivity (Wildman–Crippen MR) is 58.6 cm³/mol. The summed E-state index contributed by atoms with van der Waals surface area (Å²) in [5, 5.41) is 10.5. The molecule has 1 N–H and O–H groups in total. The summed E-state index contributed by atoms with van der Waals surface area (Å²) in [4.78, 5) is 10.9. The minimum atomic E-state index is -1.64. The van der Waals surface area contributed by atoms with Crippen molar-refractivity contribution in [2.45, 2.75) is 32.2 Å². The molecule has 4 heteroatoms. The number of aliphatic hydroxyl groups is 1. The van der Waals surface area contributed by atoms with Crippen molar-refractivity contribution in [1.82, 2.24) is 0 Å². The molecule has 0 aromatic rings. The van der Waals surface area contributed by atoms with E-state index in [2.05, 4.69) is 36.7 Å². The molecule has 1 unspecified atom stereocenters. The van der Waals surface area contributed by atoms with Crippen molar-refractivity contribution < 1.29 is 14.6 Å². The third-order valence-corrected chi connectivity index (χ3v) is 4.05. The number of ether oxygens (including phenoxy) is 1. The SMILES string of the molecule is C=C=C(C(O)CC(=O)OC)[Si](C)(C)C. The Labute approximate surface area is 86.1 Å². The summed E-state index contributed by atoms with van der Waals surface area (Å²) in [5.41, 5.74) is 2.74. The molecule has 80 valence electrons. The Morgan fingerprint density at radius 3 is 2.36 bits per heavy atom. The molecule has 0 aromatic carbocycles. The second-order valence-corrected chi connectivity index (χ2v) is 9.18. The van der Waals surface area contributed by atoms with Gasteiger partial charge >= 0.3 is 5.97 Å². The average molecular weight is 214 g/mol. The lowest BCUT2D eigenvalue weighted by molar-refractivity contribution is -0.142. The van der Waals surface area contributed by atoms with Gasteiger partial charge in [0.15, 0.2) is 0 Å². The first-order chi connectivity index (χ1) is 6.32. The molecule has 0 amide bonds. The van der Waals surface area contributed by atoms with Crippen LogP contribution in [0.4, 0.5) is 0 Å². The Morgan fingerprint density at radius 1 is 1.57 bits per heavy atom. The van der Waals surface area contributed by atoms with E-state index in [1.807, 2.05) is 0 Å². The smallest absolute Gasteiger partial charge is 0.308 e. The van der Waals surface area contributed by atoms with E-state index in [1.54, 1.807) is 0 Å². The van der Waals surface area contributed by atoms with Gasteiger partial charge in [-0.05, 0) is 5.20 Å². The molecule has 0 saturated carbocycles. The van der Waals surface area contributed by atoms with Gasteiger partial charge in [0.2, 0.25) is 0 Å². The summed E-state index contributed by atoms with van der Waals surface area (Å²) >= 11 is 0. The lowest BCUT2D eigenvalue weighted by Gasteiger charge is -2.22. The molecule has 0 heterocycles. The van der Waals surface area contributed by atoms with Gasteiger partial charge in [0.1, 0.15) is 0 Å². The molecule has 0 saturated heterocycles. The summed E-state index contributed by atoms with van der Waals surface area (Å²) in [6.45, 7) is 9.75. The molecule has 0 aliphatic heterocycles. The van der Waals surface area contributed by atoms with E-state index in [-0.39, 0.29) is 6.42 Å². The van der Waals surface area contributed by atoms with Crippen molar-refractivity contribution in [3.63, 3.8) is 0 Å². The van der Waals surface area contributed by atoms with Crippen LogP contribution in [-0.2, 0) is 9.53 Å². The summed E-state index contributed by atoms with van der Waals surface area (Å²) in [6, 6.07) is 0. The summed E-state index contributed by atoms with van der Waals surface area (Å²) in [6.07, 6.45) is -0.815. The average Bonchev–Trinajstić information content (AvgIpc) is 2.02. The number of aliphatic hydroxyl groups excluding tert-OH is 1. The molecule has 0 rings (SSSR count). The summed E-state index contributed by atoms with van der Waals surface area (Å²) in [5.74, 6) is -0.413. The third kappa shape index (κ3) is 3.92. The van der Waals surface area contributed by atoms with Gasteiger partial charge in [0.25, 0.3) is 0 Å². The summed E-state index contributed by atoms with van der Waals surface area (Å²) in [7, 11) is -0.338. The van der Waals surface area contributed by atoms with E-state index >= 15 is 0 Å². The minimum Gasteiger partial charge on any atom is -0.469 e. The Balaban J connectivity index is 4.59. The number of rotatable bonds is 4. The number of esters is 1. The number of hydrogen-bond donors (Lipinski definition) is 1. The Kier molecular flexibility index (Phi) is 4.84. The van der Waals surface area contributed by atoms with E-state index < -0.39 is 20.1 Å². The second kappa shape index (κ2) is 5.15. The normalized spacial score (nSPS) is 12.9. The van der Waals surface area contributed by atoms with Crippen LogP contribution < -0.4 is 0 Å². The van der Waals surface area contributed by atoms with E-state index in [9.17, 15) is 9.90 Å². The highest BCUT2D eigenvalue weighted by Gasteiger charge is 2.27. The molecule has 1 atom stereocenters. The van der Waals surface area contributed by atoms with Crippen LogP contribution in [0.5, 0.6) is 0 Å². The Bertz CT molecular complexity index is 259. The molecule has 0 aliphatic rings. The number of carbonyl (C=O) groups excluding carboxylic acids is 1. The van der Waals surface area contributed by atoms with Gasteiger partial charge < -0.3 is 9.84 Å². The van der Waals surface area contributed by atoms with E-state index in [1.165, 1.54) is 7.11 Å². The van der Waals surface area contributed by atoms with E-state index in [4.69, 9.17) is 0 Å². The zero-order valence-electron chi connectivity index (χ0n) is 9.26. The van der Waals surface area contributed by atoms with Gasteiger partial charge in [-0.1, -0.05) is 26.2 Å². The molecule has 0 fully saturated rings. The van der Waals surface area contributed by atoms with Gasteiger partial charge in [-0.2, -0.15) is 0 Å². The van der Waals surface area contributed by atoms with Crippen LogP contribution in [0.1, 0.15) is 6.42 Å². The van der Waals surface area contributed by atoms with Crippen LogP contribution in [0.2, 0.25) is 19.6 Å². The van der Waals surface area contributed by atoms with Gasteiger partial charge in [-0.3, -0.25) is 4.79 Å². The van der Waals surface area contributed by atoms with Crippen molar-refractivity contribution in [1.29, 1.82) is 0 Å². The highest BCUT2D eigenvalue weighted by Crippen LogP contribution is 2.19. The number of carbonyl (C=O) groups is 1. The first-order valence-electron chi connectivity index (χ1n) is 4.48. The molecule has 14 heavy (non-hydrogen) atoms. The largest absolute Gasteiger partial charge is 0.469 e. The molecule has 3 nitrogen and oxygen atoms in total. The molecular formula is C10H18O3Si. The highest BCUT2D eigenvalue weighted by atomic mass is 28.3. The summed E-state index contributed by atoms with van der Waals surface area (Å²) < 4.78 is 4.48. The van der Waals surface area contributed by atoms with Gasteiger partial charge in [-0.25, -0.2) is 0 Å². The van der Waals surface area contributed by atoms with Crippen LogP contribution in [0.3, 0.4) is 0 Å². The highest BCUT2D eigenvalue weighted by molar-refractivity contribution is 6.83. The van der Waals surface area contributed by atoms with Crippen LogP contribution in [0, 0.1) is 0 Å². The molecule has 0 bridgehead atoms. The lowest BCUT2D eigenvalue weighted by atomic mass is 10.2. The lowest BCUT2D eigenvalue weighted by Crippen LogP contribution is -2.33. The fourth-order valence-corrected chi connectivity index (χ4v) is 2.86.